The molecule has 0 aliphatic rings. The summed E-state index contributed by atoms with van der Waals surface area (Å²) in [5.74, 6) is -0.809. The van der Waals surface area contributed by atoms with Gasteiger partial charge in [-0.15, -0.1) is 0 Å². The zero-order valence-corrected chi connectivity index (χ0v) is 23.8. The third kappa shape index (κ3) is 27.0. The molecule has 0 amide bonds. The zero-order chi connectivity index (χ0) is 26.5. The van der Waals surface area contributed by atoms with Crippen molar-refractivity contribution in [1.82, 2.24) is 0 Å². The lowest BCUT2D eigenvalue weighted by molar-refractivity contribution is -0.147. The molecule has 0 saturated heterocycles. The minimum atomic E-state index is -0.727. The molecule has 1 atom stereocenters. The highest BCUT2D eigenvalue weighted by Gasteiger charge is 2.11. The van der Waals surface area contributed by atoms with Crippen molar-refractivity contribution in [3.05, 3.63) is 24.3 Å². The van der Waals surface area contributed by atoms with Crippen LogP contribution in [0.1, 0.15) is 162 Å². The molecular formula is C32H58O4. The number of carboxylic acids is 1. The van der Waals surface area contributed by atoms with Gasteiger partial charge in [0, 0.05) is 12.8 Å². The Balaban J connectivity index is 4.18. The fraction of sp³-hybridized carbons (Fsp3) is 0.812. The number of carboxylic acid groups (broad SMARTS) is 1. The highest BCUT2D eigenvalue weighted by Crippen LogP contribution is 2.15. The topological polar surface area (TPSA) is 63.6 Å². The number of unbranched alkanes of at least 4 members (excludes halogenated alkanes) is 16. The van der Waals surface area contributed by atoms with Crippen molar-refractivity contribution in [2.24, 2.45) is 0 Å². The van der Waals surface area contributed by atoms with Crippen LogP contribution >= 0.6 is 0 Å². The predicted molar refractivity (Wildman–Crippen MR) is 153 cm³/mol. The average molecular weight is 507 g/mol. The van der Waals surface area contributed by atoms with Gasteiger partial charge in [0.2, 0.25) is 0 Å². The van der Waals surface area contributed by atoms with Crippen molar-refractivity contribution in [1.29, 1.82) is 0 Å². The van der Waals surface area contributed by atoms with Crippen molar-refractivity contribution in [3.63, 3.8) is 0 Å². The van der Waals surface area contributed by atoms with Crippen molar-refractivity contribution in [3.8, 4) is 0 Å². The normalized spacial score (nSPS) is 12.5. The highest BCUT2D eigenvalue weighted by molar-refractivity contribution is 5.69. The summed E-state index contributed by atoms with van der Waals surface area (Å²) in [6.07, 6.45) is 33.3. The van der Waals surface area contributed by atoms with Crippen LogP contribution in [0.2, 0.25) is 0 Å². The standard InChI is InChI=1S/C32H58O4/c1-3-5-7-9-11-13-15-17-19-25-29-32(35)36-30(27-23-20-21-24-28-31(33)34)26-22-18-16-14-12-10-8-6-4-2/h14,16,22,26,30H,3-13,15,17-21,23-25,27-29H2,1-2H3,(H,33,34)/b16-14-,26-22-. The largest absolute Gasteiger partial charge is 0.481 e. The zero-order valence-electron chi connectivity index (χ0n) is 23.8. The van der Waals surface area contributed by atoms with Crippen LogP contribution < -0.4 is 0 Å². The van der Waals surface area contributed by atoms with E-state index >= 15 is 0 Å². The number of hydrogen-bond acceptors (Lipinski definition) is 3. The molecule has 0 aliphatic carbocycles. The lowest BCUT2D eigenvalue weighted by atomic mass is 10.1. The molecule has 0 aromatic heterocycles. The molecule has 1 unspecified atom stereocenters. The Hall–Kier alpha value is -1.58. The van der Waals surface area contributed by atoms with Crippen molar-refractivity contribution in [2.75, 3.05) is 0 Å². The minimum absolute atomic E-state index is 0.0819. The summed E-state index contributed by atoms with van der Waals surface area (Å²) in [5, 5.41) is 8.77. The van der Waals surface area contributed by atoms with Crippen LogP contribution in [-0.2, 0) is 14.3 Å². The van der Waals surface area contributed by atoms with E-state index in [2.05, 4.69) is 38.2 Å². The van der Waals surface area contributed by atoms with Gasteiger partial charge in [-0.3, -0.25) is 9.59 Å². The first-order chi connectivity index (χ1) is 17.6. The summed E-state index contributed by atoms with van der Waals surface area (Å²) in [7, 11) is 0. The lowest BCUT2D eigenvalue weighted by Crippen LogP contribution is -2.16. The van der Waals surface area contributed by atoms with Gasteiger partial charge in [0.05, 0.1) is 0 Å². The van der Waals surface area contributed by atoms with E-state index in [4.69, 9.17) is 9.84 Å². The molecule has 0 heterocycles. The summed E-state index contributed by atoms with van der Waals surface area (Å²) in [5.41, 5.74) is 0. The summed E-state index contributed by atoms with van der Waals surface area (Å²) in [4.78, 5) is 23.1. The maximum absolute atomic E-state index is 12.4. The Bertz CT molecular complexity index is 552. The third-order valence-electron chi connectivity index (χ3n) is 6.66. The molecule has 4 nitrogen and oxygen atoms in total. The van der Waals surface area contributed by atoms with Crippen LogP contribution in [0.4, 0.5) is 0 Å². The van der Waals surface area contributed by atoms with E-state index in [0.29, 0.717) is 6.42 Å². The monoisotopic (exact) mass is 506 g/mol. The van der Waals surface area contributed by atoms with Crippen LogP contribution in [0.15, 0.2) is 24.3 Å². The highest BCUT2D eigenvalue weighted by atomic mass is 16.5. The fourth-order valence-electron chi connectivity index (χ4n) is 4.37. The molecule has 0 radical (unpaired) electrons. The van der Waals surface area contributed by atoms with Gasteiger partial charge in [0.1, 0.15) is 6.10 Å². The number of rotatable bonds is 27. The Kier molecular flexibility index (Phi) is 26.8. The van der Waals surface area contributed by atoms with E-state index in [1.54, 1.807) is 0 Å². The van der Waals surface area contributed by atoms with Crippen LogP contribution in [0, 0.1) is 0 Å². The van der Waals surface area contributed by atoms with Crippen LogP contribution in [0.25, 0.3) is 0 Å². The molecule has 0 aliphatic heterocycles. The molecule has 0 saturated carbocycles. The van der Waals surface area contributed by atoms with E-state index in [1.807, 2.05) is 0 Å². The first kappa shape index (κ1) is 34.4. The first-order valence-electron chi connectivity index (χ1n) is 15.3. The Morgan fingerprint density at radius 1 is 0.639 bits per heavy atom. The van der Waals surface area contributed by atoms with Crippen LogP contribution in [0.3, 0.4) is 0 Å². The maximum Gasteiger partial charge on any atom is 0.306 e. The van der Waals surface area contributed by atoms with Gasteiger partial charge >= 0.3 is 11.9 Å². The van der Waals surface area contributed by atoms with E-state index in [9.17, 15) is 9.59 Å². The number of carbonyl (C=O) groups is 2. The minimum Gasteiger partial charge on any atom is -0.481 e. The smallest absolute Gasteiger partial charge is 0.306 e. The summed E-state index contributed by atoms with van der Waals surface area (Å²) in [6, 6.07) is 0. The molecule has 36 heavy (non-hydrogen) atoms. The van der Waals surface area contributed by atoms with Gasteiger partial charge in [0.15, 0.2) is 0 Å². The Morgan fingerprint density at radius 3 is 1.78 bits per heavy atom. The van der Waals surface area contributed by atoms with Crippen molar-refractivity contribution >= 4 is 11.9 Å². The molecule has 1 N–H and O–H groups in total. The second-order valence-corrected chi connectivity index (χ2v) is 10.3. The SMILES string of the molecule is CCCCCC/C=C\C/C=C\C(CCCCCCC(=O)O)OC(=O)CCCCCCCCCCCC. The molecule has 0 bridgehead atoms. The molecule has 0 aromatic carbocycles. The number of carbonyl (C=O) groups excluding carboxylic acids is 1. The number of esters is 1. The van der Waals surface area contributed by atoms with Crippen LogP contribution in [-0.4, -0.2) is 23.1 Å². The number of aliphatic carboxylic acids is 1. The second kappa shape index (κ2) is 28.0. The Morgan fingerprint density at radius 2 is 1.17 bits per heavy atom. The van der Waals surface area contributed by atoms with Crippen molar-refractivity contribution < 1.29 is 19.4 Å². The summed E-state index contributed by atoms with van der Waals surface area (Å²) in [6.45, 7) is 4.49. The summed E-state index contributed by atoms with van der Waals surface area (Å²) < 4.78 is 5.81. The van der Waals surface area contributed by atoms with Crippen LogP contribution in [0.5, 0.6) is 0 Å². The molecule has 210 valence electrons. The van der Waals surface area contributed by atoms with Gasteiger partial charge in [0.25, 0.3) is 0 Å². The molecule has 0 aromatic rings. The quantitative estimate of drug-likeness (QED) is 0.0683. The molecule has 4 heteroatoms. The van der Waals surface area contributed by atoms with Gasteiger partial charge in [-0.25, -0.2) is 0 Å². The Labute approximate surface area is 223 Å². The third-order valence-corrected chi connectivity index (χ3v) is 6.66. The summed E-state index contributed by atoms with van der Waals surface area (Å²) >= 11 is 0. The average Bonchev–Trinajstić information content (AvgIpc) is 2.85. The fourth-order valence-corrected chi connectivity index (χ4v) is 4.37. The van der Waals surface area contributed by atoms with E-state index < -0.39 is 5.97 Å². The van der Waals surface area contributed by atoms with E-state index in [1.165, 1.54) is 77.0 Å². The predicted octanol–water partition coefficient (Wildman–Crippen LogP) is 10.1. The van der Waals surface area contributed by atoms with Gasteiger partial charge < -0.3 is 9.84 Å². The van der Waals surface area contributed by atoms with E-state index in [-0.39, 0.29) is 18.5 Å². The van der Waals surface area contributed by atoms with Crippen molar-refractivity contribution in [2.45, 2.75) is 168 Å². The molecule has 0 fully saturated rings. The molecular weight excluding hydrogens is 448 g/mol. The lowest BCUT2D eigenvalue weighted by Gasteiger charge is -2.14. The number of ether oxygens (including phenoxy) is 1. The molecule has 0 rings (SSSR count). The second-order valence-electron chi connectivity index (χ2n) is 10.3. The van der Waals surface area contributed by atoms with Gasteiger partial charge in [-0.1, -0.05) is 122 Å². The van der Waals surface area contributed by atoms with Gasteiger partial charge in [-0.2, -0.15) is 0 Å². The maximum atomic E-state index is 12.4. The number of hydrogen-bond donors (Lipinski definition) is 1. The van der Waals surface area contributed by atoms with E-state index in [0.717, 1.165) is 57.8 Å². The molecule has 0 spiro atoms. The number of allylic oxidation sites excluding steroid dienone is 3. The van der Waals surface area contributed by atoms with Gasteiger partial charge in [-0.05, 0) is 51.0 Å². The first-order valence-corrected chi connectivity index (χ1v) is 15.3.